The molecule has 1 saturated carbocycles. The number of nitrogens with zero attached hydrogens (tertiary/aromatic N) is 3. The standard InChI is InChI=1S/C32H42N4O4/c1-23(31(38)40-2)33-30(37)26-15-13-24(14-16-26)21-34-19-17-28(18-20-34)36-29(25-9-5-3-6-10-25)22-35(32(36)39)27-11-7-4-8-12-27/h3,5-6,9-10,13-16,23,27-29H,4,7-8,11-12,17-22H2,1-2H3,(H,33,37)/t23?,29-/m0/s1. The highest BCUT2D eigenvalue weighted by atomic mass is 16.5. The van der Waals surface area contributed by atoms with E-state index in [1.54, 1.807) is 19.1 Å². The number of benzene rings is 2. The smallest absolute Gasteiger partial charge is 0.328 e. The molecule has 2 atom stereocenters. The molecule has 0 aromatic heterocycles. The molecule has 40 heavy (non-hydrogen) atoms. The van der Waals surface area contributed by atoms with Gasteiger partial charge < -0.3 is 19.9 Å². The summed E-state index contributed by atoms with van der Waals surface area (Å²) in [6, 6.07) is 18.4. The summed E-state index contributed by atoms with van der Waals surface area (Å²) < 4.78 is 4.68. The largest absolute Gasteiger partial charge is 0.467 e. The molecule has 0 spiro atoms. The second-order valence-corrected chi connectivity index (χ2v) is 11.5. The molecule has 2 aromatic rings. The van der Waals surface area contributed by atoms with Crippen LogP contribution in [0, 0.1) is 0 Å². The predicted octanol–water partition coefficient (Wildman–Crippen LogP) is 4.75. The molecule has 2 saturated heterocycles. The van der Waals surface area contributed by atoms with Crippen LogP contribution in [0.1, 0.15) is 79.4 Å². The molecule has 1 unspecified atom stereocenters. The molecule has 0 bridgehead atoms. The van der Waals surface area contributed by atoms with E-state index >= 15 is 0 Å². The zero-order valence-corrected chi connectivity index (χ0v) is 23.8. The molecule has 2 aliphatic heterocycles. The number of ether oxygens (including phenoxy) is 1. The monoisotopic (exact) mass is 546 g/mol. The molecule has 8 nitrogen and oxygen atoms in total. The van der Waals surface area contributed by atoms with Gasteiger partial charge in [-0.3, -0.25) is 9.69 Å². The number of urea groups is 1. The summed E-state index contributed by atoms with van der Waals surface area (Å²) in [7, 11) is 1.30. The molecular formula is C32H42N4O4. The molecule has 2 heterocycles. The third kappa shape index (κ3) is 6.33. The van der Waals surface area contributed by atoms with Gasteiger partial charge in [0.15, 0.2) is 0 Å². The Balaban J connectivity index is 1.19. The Bertz CT molecular complexity index is 1160. The van der Waals surface area contributed by atoms with Crippen molar-refractivity contribution in [1.82, 2.24) is 20.0 Å². The van der Waals surface area contributed by atoms with Gasteiger partial charge >= 0.3 is 12.0 Å². The van der Waals surface area contributed by atoms with Crippen LogP contribution in [0.25, 0.3) is 0 Å². The first kappa shape index (κ1) is 28.1. The fourth-order valence-electron chi connectivity index (χ4n) is 6.57. The van der Waals surface area contributed by atoms with Crippen molar-refractivity contribution < 1.29 is 19.1 Å². The lowest BCUT2D eigenvalue weighted by Gasteiger charge is -2.39. The zero-order valence-electron chi connectivity index (χ0n) is 23.8. The Morgan fingerprint density at radius 2 is 1.60 bits per heavy atom. The van der Waals surface area contributed by atoms with Gasteiger partial charge in [-0.1, -0.05) is 61.7 Å². The maximum absolute atomic E-state index is 13.8. The van der Waals surface area contributed by atoms with Gasteiger partial charge in [-0.2, -0.15) is 0 Å². The predicted molar refractivity (Wildman–Crippen MR) is 154 cm³/mol. The minimum absolute atomic E-state index is 0.118. The van der Waals surface area contributed by atoms with Crippen molar-refractivity contribution in [3.05, 3.63) is 71.3 Å². The number of nitrogens with one attached hydrogen (secondary N) is 1. The highest BCUT2D eigenvalue weighted by Crippen LogP contribution is 2.38. The van der Waals surface area contributed by atoms with Crippen LogP contribution in [-0.2, 0) is 16.1 Å². The Labute approximate surface area is 237 Å². The van der Waals surface area contributed by atoms with Crippen LogP contribution in [0.4, 0.5) is 4.79 Å². The average molecular weight is 547 g/mol. The van der Waals surface area contributed by atoms with Crippen molar-refractivity contribution in [2.24, 2.45) is 0 Å². The van der Waals surface area contributed by atoms with Gasteiger partial charge in [0.25, 0.3) is 5.91 Å². The SMILES string of the molecule is COC(=O)C(C)NC(=O)c1ccc(CN2CCC(N3C(=O)N(C4CCCCC4)C[C@H]3c3ccccc3)CC2)cc1. The van der Waals surface area contributed by atoms with E-state index in [1.807, 2.05) is 18.2 Å². The highest BCUT2D eigenvalue weighted by molar-refractivity contribution is 5.96. The van der Waals surface area contributed by atoms with Crippen molar-refractivity contribution in [3.8, 4) is 0 Å². The Morgan fingerprint density at radius 1 is 0.925 bits per heavy atom. The second kappa shape index (κ2) is 12.9. The lowest BCUT2D eigenvalue weighted by Crippen LogP contribution is -2.48. The number of carbonyl (C=O) groups is 3. The Morgan fingerprint density at radius 3 is 2.25 bits per heavy atom. The topological polar surface area (TPSA) is 82.2 Å². The lowest BCUT2D eigenvalue weighted by atomic mass is 9.94. The van der Waals surface area contributed by atoms with E-state index in [2.05, 4.69) is 49.0 Å². The molecule has 3 amide bonds. The van der Waals surface area contributed by atoms with Crippen LogP contribution < -0.4 is 5.32 Å². The molecule has 3 fully saturated rings. The lowest BCUT2D eigenvalue weighted by molar-refractivity contribution is -0.142. The minimum atomic E-state index is -0.697. The molecule has 2 aromatic carbocycles. The molecule has 8 heteroatoms. The minimum Gasteiger partial charge on any atom is -0.467 e. The van der Waals surface area contributed by atoms with Crippen molar-refractivity contribution in [2.45, 2.75) is 82.6 Å². The second-order valence-electron chi connectivity index (χ2n) is 11.5. The number of hydrogen-bond acceptors (Lipinski definition) is 5. The van der Waals surface area contributed by atoms with Gasteiger partial charge in [-0.05, 0) is 55.9 Å². The summed E-state index contributed by atoms with van der Waals surface area (Å²) in [5.74, 6) is -0.767. The number of methoxy groups -OCH3 is 1. The molecular weight excluding hydrogens is 504 g/mol. The summed E-state index contributed by atoms with van der Waals surface area (Å²) in [5.41, 5.74) is 2.89. The number of likely N-dealkylation sites (tertiary alicyclic amines) is 1. The molecule has 214 valence electrons. The summed E-state index contributed by atoms with van der Waals surface area (Å²) in [6.07, 6.45) is 7.91. The molecule has 5 rings (SSSR count). The van der Waals surface area contributed by atoms with Gasteiger partial charge in [-0.25, -0.2) is 9.59 Å². The highest BCUT2D eigenvalue weighted by Gasteiger charge is 2.45. The van der Waals surface area contributed by atoms with E-state index in [0.717, 1.165) is 57.4 Å². The normalized spacial score (nSPS) is 21.9. The first-order valence-corrected chi connectivity index (χ1v) is 14.8. The fourth-order valence-corrected chi connectivity index (χ4v) is 6.57. The average Bonchev–Trinajstić information content (AvgIpc) is 3.35. The summed E-state index contributed by atoms with van der Waals surface area (Å²) in [6.45, 7) is 5.06. The first-order chi connectivity index (χ1) is 19.4. The molecule has 1 N–H and O–H groups in total. The van der Waals surface area contributed by atoms with Crippen molar-refractivity contribution in [1.29, 1.82) is 0 Å². The van der Waals surface area contributed by atoms with Crippen molar-refractivity contribution in [3.63, 3.8) is 0 Å². The summed E-state index contributed by atoms with van der Waals surface area (Å²) in [4.78, 5) is 44.7. The van der Waals surface area contributed by atoms with E-state index in [4.69, 9.17) is 0 Å². The zero-order chi connectivity index (χ0) is 28.1. The fraction of sp³-hybridized carbons (Fsp3) is 0.531. The van der Waals surface area contributed by atoms with Gasteiger partial charge in [0.05, 0.1) is 13.2 Å². The maximum atomic E-state index is 13.8. The van der Waals surface area contributed by atoms with Crippen LogP contribution in [0.15, 0.2) is 54.6 Å². The number of carbonyl (C=O) groups excluding carboxylic acids is 3. The van der Waals surface area contributed by atoms with E-state index in [-0.39, 0.29) is 24.0 Å². The Kier molecular flexibility index (Phi) is 9.04. The molecule has 1 aliphatic carbocycles. The van der Waals surface area contributed by atoms with Gasteiger partial charge in [0.2, 0.25) is 0 Å². The Hall–Kier alpha value is -3.39. The summed E-state index contributed by atoms with van der Waals surface area (Å²) in [5, 5.41) is 2.66. The van der Waals surface area contributed by atoms with E-state index in [9.17, 15) is 14.4 Å². The maximum Gasteiger partial charge on any atom is 0.328 e. The quantitative estimate of drug-likeness (QED) is 0.483. The number of hydrogen-bond donors (Lipinski definition) is 1. The van der Waals surface area contributed by atoms with Crippen LogP contribution in [0.3, 0.4) is 0 Å². The first-order valence-electron chi connectivity index (χ1n) is 14.8. The third-order valence-corrected chi connectivity index (χ3v) is 8.85. The van der Waals surface area contributed by atoms with Crippen molar-refractivity contribution in [2.75, 3.05) is 26.7 Å². The number of esters is 1. The number of amides is 3. The van der Waals surface area contributed by atoms with Crippen LogP contribution in [-0.4, -0.2) is 77.5 Å². The van der Waals surface area contributed by atoms with Crippen molar-refractivity contribution >= 4 is 17.9 Å². The van der Waals surface area contributed by atoms with Crippen LogP contribution in [0.5, 0.6) is 0 Å². The molecule has 3 aliphatic rings. The van der Waals surface area contributed by atoms with E-state index in [0.29, 0.717) is 11.6 Å². The van der Waals surface area contributed by atoms with E-state index < -0.39 is 12.0 Å². The van der Waals surface area contributed by atoms with Gasteiger partial charge in [-0.15, -0.1) is 0 Å². The summed E-state index contributed by atoms with van der Waals surface area (Å²) >= 11 is 0. The van der Waals surface area contributed by atoms with Crippen LogP contribution in [0.2, 0.25) is 0 Å². The number of rotatable bonds is 8. The number of piperidine rings is 1. The third-order valence-electron chi connectivity index (χ3n) is 8.85. The van der Waals surface area contributed by atoms with Gasteiger partial charge in [0, 0.05) is 43.8 Å². The van der Waals surface area contributed by atoms with Gasteiger partial charge in [0.1, 0.15) is 6.04 Å². The molecule has 0 radical (unpaired) electrons. The van der Waals surface area contributed by atoms with Crippen LogP contribution >= 0.6 is 0 Å². The van der Waals surface area contributed by atoms with E-state index in [1.165, 1.54) is 31.9 Å².